The summed E-state index contributed by atoms with van der Waals surface area (Å²) in [7, 11) is 3.16. The summed E-state index contributed by atoms with van der Waals surface area (Å²) in [4.78, 5) is 26.8. The van der Waals surface area contributed by atoms with Crippen LogP contribution in [0.25, 0.3) is 0 Å². The van der Waals surface area contributed by atoms with Gasteiger partial charge in [-0.15, -0.1) is 12.4 Å². The molecular weight excluding hydrogens is 394 g/mol. The molecule has 2 aliphatic heterocycles. The molecular formula is C21H32ClN3O4. The van der Waals surface area contributed by atoms with E-state index in [0.29, 0.717) is 29.5 Å². The van der Waals surface area contributed by atoms with Crippen LogP contribution in [0.5, 0.6) is 11.5 Å². The lowest BCUT2D eigenvalue weighted by Gasteiger charge is -2.33. The predicted molar refractivity (Wildman–Crippen MR) is 115 cm³/mol. The van der Waals surface area contributed by atoms with Crippen molar-refractivity contribution in [1.29, 1.82) is 0 Å². The number of benzene rings is 1. The smallest absolute Gasteiger partial charge is 0.239 e. The lowest BCUT2D eigenvalue weighted by atomic mass is 9.91. The van der Waals surface area contributed by atoms with Crippen molar-refractivity contribution in [2.75, 3.05) is 39.2 Å². The second kappa shape index (κ2) is 11.3. The van der Waals surface area contributed by atoms with Gasteiger partial charge in [0.05, 0.1) is 25.9 Å². The van der Waals surface area contributed by atoms with Crippen molar-refractivity contribution in [3.8, 4) is 11.5 Å². The van der Waals surface area contributed by atoms with Crippen molar-refractivity contribution < 1.29 is 19.1 Å². The quantitative estimate of drug-likeness (QED) is 0.702. The summed E-state index contributed by atoms with van der Waals surface area (Å²) in [5, 5.41) is 6.21. The first-order chi connectivity index (χ1) is 13.6. The van der Waals surface area contributed by atoms with Crippen LogP contribution in [0, 0.1) is 5.92 Å². The number of hydrogen-bond acceptors (Lipinski definition) is 5. The maximum absolute atomic E-state index is 12.5. The molecule has 2 aliphatic rings. The molecule has 0 radical (unpaired) electrons. The van der Waals surface area contributed by atoms with Crippen molar-refractivity contribution in [3.63, 3.8) is 0 Å². The first kappa shape index (κ1) is 23.3. The number of anilines is 1. The van der Waals surface area contributed by atoms with Crippen molar-refractivity contribution in [2.45, 2.75) is 44.6 Å². The lowest BCUT2D eigenvalue weighted by Crippen LogP contribution is -2.47. The molecule has 0 bridgehead atoms. The van der Waals surface area contributed by atoms with Gasteiger partial charge < -0.3 is 25.0 Å². The van der Waals surface area contributed by atoms with Gasteiger partial charge in [-0.05, 0) is 56.7 Å². The van der Waals surface area contributed by atoms with E-state index in [1.807, 2.05) is 4.90 Å². The molecule has 2 amide bonds. The zero-order valence-electron chi connectivity index (χ0n) is 17.2. The topological polar surface area (TPSA) is 79.9 Å². The fraction of sp³-hybridized carbons (Fsp3) is 0.619. The van der Waals surface area contributed by atoms with Crippen LogP contribution in [-0.2, 0) is 9.59 Å². The summed E-state index contributed by atoms with van der Waals surface area (Å²) in [5.41, 5.74) is 0.651. The average Bonchev–Trinajstić information content (AvgIpc) is 3.27. The molecule has 2 heterocycles. The van der Waals surface area contributed by atoms with Crippen LogP contribution in [-0.4, -0.2) is 56.6 Å². The number of piperidine rings is 1. The highest BCUT2D eigenvalue weighted by molar-refractivity contribution is 5.92. The third-order valence-electron chi connectivity index (χ3n) is 5.75. The molecule has 0 unspecified atom stereocenters. The number of carbonyl (C=O) groups is 2. The Balaban J connectivity index is 0.00000300. The molecule has 2 fully saturated rings. The van der Waals surface area contributed by atoms with E-state index < -0.39 is 0 Å². The molecule has 162 valence electrons. The Morgan fingerprint density at radius 3 is 2.55 bits per heavy atom. The molecule has 8 heteroatoms. The summed E-state index contributed by atoms with van der Waals surface area (Å²) in [6.07, 6.45) is 5.29. The van der Waals surface area contributed by atoms with Gasteiger partial charge in [0.1, 0.15) is 11.5 Å². The predicted octanol–water partition coefficient (Wildman–Crippen LogP) is 2.83. The molecule has 0 aliphatic carbocycles. The highest BCUT2D eigenvalue weighted by Gasteiger charge is 2.29. The van der Waals surface area contributed by atoms with Crippen LogP contribution >= 0.6 is 12.4 Å². The van der Waals surface area contributed by atoms with E-state index in [9.17, 15) is 9.59 Å². The molecule has 7 nitrogen and oxygen atoms in total. The van der Waals surface area contributed by atoms with E-state index in [0.717, 1.165) is 51.7 Å². The number of carbonyl (C=O) groups excluding carboxylic acids is 2. The van der Waals surface area contributed by atoms with Crippen molar-refractivity contribution >= 4 is 29.9 Å². The third-order valence-corrected chi connectivity index (χ3v) is 5.75. The Bertz CT molecular complexity index is 687. The fourth-order valence-electron chi connectivity index (χ4n) is 4.01. The van der Waals surface area contributed by atoms with Crippen molar-refractivity contribution in [1.82, 2.24) is 10.2 Å². The molecule has 2 N–H and O–H groups in total. The molecule has 29 heavy (non-hydrogen) atoms. The zero-order valence-corrected chi connectivity index (χ0v) is 18.1. The van der Waals surface area contributed by atoms with E-state index in [1.54, 1.807) is 32.4 Å². The zero-order chi connectivity index (χ0) is 19.9. The third kappa shape index (κ3) is 6.24. The van der Waals surface area contributed by atoms with Gasteiger partial charge in [0, 0.05) is 25.6 Å². The van der Waals surface area contributed by atoms with Crippen molar-refractivity contribution in [2.24, 2.45) is 5.92 Å². The molecule has 0 aromatic heterocycles. The highest BCUT2D eigenvalue weighted by Crippen LogP contribution is 2.29. The molecule has 0 spiro atoms. The maximum atomic E-state index is 12.5. The number of ether oxygens (including phenoxy) is 2. The van der Waals surface area contributed by atoms with Crippen LogP contribution in [0.2, 0.25) is 0 Å². The van der Waals surface area contributed by atoms with E-state index in [2.05, 4.69) is 10.6 Å². The Hall–Kier alpha value is -1.99. The Morgan fingerprint density at radius 1 is 1.17 bits per heavy atom. The number of nitrogens with zero attached hydrogens (tertiary/aromatic N) is 1. The van der Waals surface area contributed by atoms with E-state index >= 15 is 0 Å². The van der Waals surface area contributed by atoms with Gasteiger partial charge in [-0.3, -0.25) is 9.59 Å². The second-order valence-corrected chi connectivity index (χ2v) is 7.57. The molecule has 1 aromatic carbocycles. The fourth-order valence-corrected chi connectivity index (χ4v) is 4.01. The monoisotopic (exact) mass is 425 g/mol. The average molecular weight is 426 g/mol. The number of hydrogen-bond donors (Lipinski definition) is 2. The van der Waals surface area contributed by atoms with Crippen LogP contribution in [0.4, 0.5) is 5.69 Å². The number of nitrogens with one attached hydrogen (secondary N) is 2. The molecule has 2 saturated heterocycles. The SMILES string of the molecule is COc1ccc(NC(=O)CCC2CCN(C(=O)[C@@H]3CCCN3)CC2)c(OC)c1.Cl. The number of halogens is 1. The minimum absolute atomic E-state index is 0. The van der Waals surface area contributed by atoms with E-state index in [-0.39, 0.29) is 30.3 Å². The maximum Gasteiger partial charge on any atom is 0.239 e. The summed E-state index contributed by atoms with van der Waals surface area (Å²) < 4.78 is 10.5. The van der Waals surface area contributed by atoms with E-state index in [4.69, 9.17) is 9.47 Å². The van der Waals surface area contributed by atoms with Gasteiger partial charge in [-0.25, -0.2) is 0 Å². The van der Waals surface area contributed by atoms with E-state index in [1.165, 1.54) is 0 Å². The van der Waals surface area contributed by atoms with Gasteiger partial charge in [-0.2, -0.15) is 0 Å². The second-order valence-electron chi connectivity index (χ2n) is 7.57. The summed E-state index contributed by atoms with van der Waals surface area (Å²) >= 11 is 0. The minimum atomic E-state index is -0.0165. The van der Waals surface area contributed by atoms with Crippen molar-refractivity contribution in [3.05, 3.63) is 18.2 Å². The highest BCUT2D eigenvalue weighted by atomic mass is 35.5. The normalized spacial score (nSPS) is 19.4. The first-order valence-electron chi connectivity index (χ1n) is 10.1. The largest absolute Gasteiger partial charge is 0.497 e. The van der Waals surface area contributed by atoms with Crippen LogP contribution in [0.1, 0.15) is 38.5 Å². The van der Waals surface area contributed by atoms with Crippen LogP contribution in [0.15, 0.2) is 18.2 Å². The van der Waals surface area contributed by atoms with Gasteiger partial charge in [0.25, 0.3) is 0 Å². The van der Waals surface area contributed by atoms with Gasteiger partial charge in [0.15, 0.2) is 0 Å². The van der Waals surface area contributed by atoms with Gasteiger partial charge >= 0.3 is 0 Å². The Morgan fingerprint density at radius 2 is 1.93 bits per heavy atom. The number of rotatable bonds is 7. The molecule has 0 saturated carbocycles. The van der Waals surface area contributed by atoms with Crippen LogP contribution in [0.3, 0.4) is 0 Å². The summed E-state index contributed by atoms with van der Waals surface area (Å²) in [5.74, 6) is 1.99. The lowest BCUT2D eigenvalue weighted by molar-refractivity contribution is -0.134. The summed E-state index contributed by atoms with van der Waals surface area (Å²) in [6.45, 7) is 2.55. The van der Waals surface area contributed by atoms with Crippen LogP contribution < -0.4 is 20.1 Å². The Kier molecular flexibility index (Phi) is 9.04. The standard InChI is InChI=1S/C21H31N3O4.ClH/c1-27-16-6-7-17(19(14-16)28-2)23-20(25)8-5-15-9-12-24(13-10-15)21(26)18-4-3-11-22-18;/h6-7,14-15,18,22H,3-5,8-13H2,1-2H3,(H,23,25);1H/t18-;/m0./s1. The molecule has 1 aromatic rings. The first-order valence-corrected chi connectivity index (χ1v) is 10.1. The molecule has 1 atom stereocenters. The summed E-state index contributed by atoms with van der Waals surface area (Å²) in [6, 6.07) is 5.35. The van der Waals surface area contributed by atoms with Gasteiger partial charge in [-0.1, -0.05) is 0 Å². The van der Waals surface area contributed by atoms with Gasteiger partial charge in [0.2, 0.25) is 11.8 Å². The number of likely N-dealkylation sites (tertiary alicyclic amines) is 1. The number of amides is 2. The molecule has 3 rings (SSSR count). The Labute approximate surface area is 178 Å². The number of methoxy groups -OCH3 is 2. The minimum Gasteiger partial charge on any atom is -0.497 e.